The van der Waals surface area contributed by atoms with Gasteiger partial charge in [-0.1, -0.05) is 0 Å². The minimum Gasteiger partial charge on any atom is -0.506 e. The van der Waals surface area contributed by atoms with Gasteiger partial charge in [0.2, 0.25) is 0 Å². The summed E-state index contributed by atoms with van der Waals surface area (Å²) in [6, 6.07) is 1.58. The second-order valence-corrected chi connectivity index (χ2v) is 10.1. The van der Waals surface area contributed by atoms with Crippen LogP contribution in [0.15, 0.2) is 16.5 Å². The van der Waals surface area contributed by atoms with Gasteiger partial charge in [0.25, 0.3) is 0 Å². The quantitative estimate of drug-likeness (QED) is 0.439. The van der Waals surface area contributed by atoms with E-state index in [0.717, 1.165) is 6.42 Å². The van der Waals surface area contributed by atoms with Crippen LogP contribution in [-0.2, 0) is 29.8 Å². The predicted molar refractivity (Wildman–Crippen MR) is 103 cm³/mol. The number of allylic oxidation sites excluding steroid dienone is 1. The Kier molecular flexibility index (Phi) is 4.50. The molecule has 2 fully saturated rings. The summed E-state index contributed by atoms with van der Waals surface area (Å²) in [5, 5.41) is 10.9. The number of aliphatic hydroxyl groups excluding tert-OH is 1. The van der Waals surface area contributed by atoms with Crippen LogP contribution >= 0.6 is 0 Å². The lowest BCUT2D eigenvalue weighted by Crippen LogP contribution is -2.36. The number of fused-ring (bicyclic) bond motifs is 2. The van der Waals surface area contributed by atoms with Crippen molar-refractivity contribution in [1.29, 1.82) is 0 Å². The van der Waals surface area contributed by atoms with Crippen LogP contribution in [0, 0.1) is 13.8 Å². The molecule has 1 N–H and O–H groups in total. The van der Waals surface area contributed by atoms with E-state index in [-0.39, 0.29) is 46.4 Å². The summed E-state index contributed by atoms with van der Waals surface area (Å²) in [7, 11) is -3.46. The monoisotopic (exact) mass is 404 g/mol. The molecule has 1 atom stereocenters. The molecule has 1 spiro atoms. The fraction of sp³-hybridized carbons (Fsp3) is 0.524. The Bertz CT molecular complexity index is 1010. The highest BCUT2D eigenvalue weighted by Gasteiger charge is 2.47. The molecule has 1 saturated carbocycles. The van der Waals surface area contributed by atoms with Gasteiger partial charge in [-0.25, -0.2) is 8.42 Å². The number of benzene rings is 1. The second-order valence-electron chi connectivity index (χ2n) is 8.01. The second kappa shape index (κ2) is 6.52. The van der Waals surface area contributed by atoms with Gasteiger partial charge < -0.3 is 9.84 Å². The number of carbonyl (C=O) groups excluding carboxylic acids is 2. The lowest BCUT2D eigenvalue weighted by molar-refractivity contribution is -0.123. The summed E-state index contributed by atoms with van der Waals surface area (Å²) in [5.41, 5.74) is 1.18. The van der Waals surface area contributed by atoms with Gasteiger partial charge in [-0.15, -0.1) is 0 Å². The van der Waals surface area contributed by atoms with E-state index in [1.807, 2.05) is 0 Å². The van der Waals surface area contributed by atoms with Crippen molar-refractivity contribution in [2.75, 3.05) is 12.4 Å². The van der Waals surface area contributed by atoms with Crippen molar-refractivity contribution in [1.82, 2.24) is 0 Å². The molecule has 2 aliphatic heterocycles. The van der Waals surface area contributed by atoms with Gasteiger partial charge >= 0.3 is 0 Å². The maximum atomic E-state index is 12.8. The van der Waals surface area contributed by atoms with Crippen molar-refractivity contribution < 1.29 is 27.9 Å². The van der Waals surface area contributed by atoms with E-state index < -0.39 is 15.4 Å². The van der Waals surface area contributed by atoms with Crippen molar-refractivity contribution in [2.45, 2.75) is 62.9 Å². The Morgan fingerprint density at radius 3 is 2.39 bits per heavy atom. The number of ether oxygens (including phenoxy) is 1. The molecule has 3 aliphatic rings. The van der Waals surface area contributed by atoms with Gasteiger partial charge in [-0.2, -0.15) is 0 Å². The van der Waals surface area contributed by atoms with Crippen LogP contribution in [0.3, 0.4) is 0 Å². The smallest absolute Gasteiger partial charge is 0.179 e. The van der Waals surface area contributed by atoms with Crippen molar-refractivity contribution in [3.8, 4) is 0 Å². The summed E-state index contributed by atoms with van der Waals surface area (Å²) in [6.45, 7) is 3.99. The number of rotatable bonds is 1. The molecule has 0 aromatic heterocycles. The Hall–Kier alpha value is -1.99. The van der Waals surface area contributed by atoms with Crippen LogP contribution in [0.2, 0.25) is 0 Å². The minimum absolute atomic E-state index is 0.0314. The van der Waals surface area contributed by atoms with Crippen LogP contribution in [-0.4, -0.2) is 37.5 Å². The fourth-order valence-electron chi connectivity index (χ4n) is 4.92. The van der Waals surface area contributed by atoms with E-state index in [4.69, 9.17) is 4.74 Å². The number of hydrogen-bond donors (Lipinski definition) is 1. The number of sulfone groups is 1. The molecule has 1 aromatic carbocycles. The molecule has 28 heavy (non-hydrogen) atoms. The number of aryl methyl sites for hydroxylation is 1. The highest BCUT2D eigenvalue weighted by molar-refractivity contribution is 7.91. The topological polar surface area (TPSA) is 97.7 Å². The van der Waals surface area contributed by atoms with E-state index in [1.54, 1.807) is 19.9 Å². The first-order chi connectivity index (χ1) is 13.2. The van der Waals surface area contributed by atoms with E-state index in [9.17, 15) is 23.1 Å². The minimum atomic E-state index is -3.46. The number of Topliss-reactive ketones (excluding diaryl/α,β-unsaturated/α-hetero) is 2. The Morgan fingerprint density at radius 1 is 1.11 bits per heavy atom. The summed E-state index contributed by atoms with van der Waals surface area (Å²) in [4.78, 5) is 24.9. The highest BCUT2D eigenvalue weighted by Crippen LogP contribution is 2.49. The Labute approximate surface area is 164 Å². The normalized spacial score (nSPS) is 26.6. The maximum Gasteiger partial charge on any atom is 0.179 e. The number of carbonyl (C=O) groups is 2. The zero-order valence-corrected chi connectivity index (χ0v) is 16.9. The first kappa shape index (κ1) is 19.3. The first-order valence-corrected chi connectivity index (χ1v) is 11.3. The van der Waals surface area contributed by atoms with Crippen molar-refractivity contribution in [3.63, 3.8) is 0 Å². The molecule has 7 heteroatoms. The number of hydrogen-bond acceptors (Lipinski definition) is 6. The molecule has 150 valence electrons. The lowest BCUT2D eigenvalue weighted by atomic mass is 9.81. The Morgan fingerprint density at radius 2 is 1.79 bits per heavy atom. The molecule has 1 saturated heterocycles. The van der Waals surface area contributed by atoms with Crippen LogP contribution in [0.1, 0.15) is 60.8 Å². The average molecular weight is 404 g/mol. The van der Waals surface area contributed by atoms with Gasteiger partial charge in [0.1, 0.15) is 11.3 Å². The van der Waals surface area contributed by atoms with E-state index in [1.165, 1.54) is 0 Å². The van der Waals surface area contributed by atoms with Crippen molar-refractivity contribution >= 4 is 27.2 Å². The summed E-state index contributed by atoms with van der Waals surface area (Å²) in [6.07, 6.45) is 2.89. The molecule has 6 nitrogen and oxygen atoms in total. The van der Waals surface area contributed by atoms with Gasteiger partial charge in [0.05, 0.1) is 16.2 Å². The highest BCUT2D eigenvalue weighted by atomic mass is 32.2. The van der Waals surface area contributed by atoms with E-state index >= 15 is 0 Å². The summed E-state index contributed by atoms with van der Waals surface area (Å²) < 4.78 is 31.7. The standard InChI is InChI=1S/C21H24O6S/c1-12-11-14(19(24)17-15(22)5-3-6-16(17)23)13(2)18-20(12)28(25,26)10-8-21(18)7-4-9-27-21/h11,24H,3-10H2,1-2H3. The molecule has 2 heterocycles. The van der Waals surface area contributed by atoms with Crippen LogP contribution in [0.4, 0.5) is 0 Å². The van der Waals surface area contributed by atoms with Gasteiger partial charge in [-0.3, -0.25) is 9.59 Å². The molecule has 0 amide bonds. The maximum absolute atomic E-state index is 12.8. The molecular weight excluding hydrogens is 380 g/mol. The van der Waals surface area contributed by atoms with Crippen molar-refractivity contribution in [3.05, 3.63) is 33.9 Å². The van der Waals surface area contributed by atoms with Crippen LogP contribution in [0.5, 0.6) is 0 Å². The molecule has 0 bridgehead atoms. The molecule has 4 rings (SSSR count). The zero-order valence-electron chi connectivity index (χ0n) is 16.1. The molecule has 1 aromatic rings. The average Bonchev–Trinajstić information content (AvgIpc) is 3.09. The third-order valence-corrected chi connectivity index (χ3v) is 8.12. The third-order valence-electron chi connectivity index (χ3n) is 6.23. The molecule has 1 unspecified atom stereocenters. The summed E-state index contributed by atoms with van der Waals surface area (Å²) in [5.74, 6) is -1.02. The zero-order chi connectivity index (χ0) is 20.3. The van der Waals surface area contributed by atoms with Crippen molar-refractivity contribution in [2.24, 2.45) is 0 Å². The predicted octanol–water partition coefficient (Wildman–Crippen LogP) is 3.08. The lowest BCUT2D eigenvalue weighted by Gasteiger charge is -2.37. The van der Waals surface area contributed by atoms with Crippen LogP contribution in [0.25, 0.3) is 5.76 Å². The van der Waals surface area contributed by atoms with E-state index in [0.29, 0.717) is 48.1 Å². The molecule has 0 radical (unpaired) electrons. The first-order valence-electron chi connectivity index (χ1n) is 9.69. The molecular formula is C21H24O6S. The largest absolute Gasteiger partial charge is 0.506 e. The van der Waals surface area contributed by atoms with Gasteiger partial charge in [-0.05, 0) is 56.7 Å². The fourth-order valence-corrected chi connectivity index (χ4v) is 6.92. The van der Waals surface area contributed by atoms with Crippen LogP contribution < -0.4 is 0 Å². The SMILES string of the molecule is Cc1cc(C(O)=C2C(=O)CCCC2=O)c(C)c2c1S(=O)(=O)CCC21CCCO1. The molecule has 1 aliphatic carbocycles. The van der Waals surface area contributed by atoms with E-state index in [2.05, 4.69) is 0 Å². The Balaban J connectivity index is 2.02. The number of ketones is 2. The van der Waals surface area contributed by atoms with Gasteiger partial charge in [0.15, 0.2) is 21.4 Å². The third kappa shape index (κ3) is 2.75. The summed E-state index contributed by atoms with van der Waals surface area (Å²) >= 11 is 0. The van der Waals surface area contributed by atoms with Gasteiger partial charge in [0, 0.05) is 30.6 Å². The number of aliphatic hydroxyl groups is 1.